The van der Waals surface area contributed by atoms with E-state index in [1.165, 1.54) is 11.4 Å². The summed E-state index contributed by atoms with van der Waals surface area (Å²) >= 11 is 0.968. The minimum Gasteiger partial charge on any atom is -0.477 e. The van der Waals surface area contributed by atoms with Gasteiger partial charge in [-0.15, -0.1) is 11.3 Å². The topological polar surface area (TPSA) is 74.7 Å². The number of fused-ring (bicyclic) bond motifs is 1. The number of sulfonamides is 1. The van der Waals surface area contributed by atoms with Crippen LogP contribution in [0.2, 0.25) is 0 Å². The molecule has 1 aromatic rings. The summed E-state index contributed by atoms with van der Waals surface area (Å²) in [6.07, 6.45) is 5.14. The van der Waals surface area contributed by atoms with Crippen molar-refractivity contribution in [3.05, 3.63) is 16.3 Å². The van der Waals surface area contributed by atoms with Crippen LogP contribution >= 0.6 is 11.3 Å². The number of aromatic carboxylic acids is 1. The van der Waals surface area contributed by atoms with Gasteiger partial charge in [0.05, 0.1) is 4.90 Å². The lowest BCUT2D eigenvalue weighted by Gasteiger charge is -2.36. The first-order valence-corrected chi connectivity index (χ1v) is 9.16. The van der Waals surface area contributed by atoms with Gasteiger partial charge in [0, 0.05) is 18.0 Å². The molecule has 7 heteroatoms. The maximum absolute atomic E-state index is 12.7. The van der Waals surface area contributed by atoms with E-state index in [0.29, 0.717) is 12.5 Å². The molecule has 2 atom stereocenters. The Bertz CT molecular complexity index is 622. The summed E-state index contributed by atoms with van der Waals surface area (Å²) in [6.45, 7) is 0.557. The van der Waals surface area contributed by atoms with Crippen LogP contribution < -0.4 is 0 Å². The van der Waals surface area contributed by atoms with Crippen molar-refractivity contribution in [2.24, 2.45) is 5.92 Å². The average molecular weight is 315 g/mol. The second kappa shape index (κ2) is 5.13. The lowest BCUT2D eigenvalue weighted by molar-refractivity contribution is 0.0702. The monoisotopic (exact) mass is 315 g/mol. The highest BCUT2D eigenvalue weighted by Crippen LogP contribution is 2.39. The van der Waals surface area contributed by atoms with Crippen LogP contribution in [0.3, 0.4) is 0 Å². The Labute approximate surface area is 122 Å². The van der Waals surface area contributed by atoms with Crippen molar-refractivity contribution in [1.82, 2.24) is 4.31 Å². The maximum Gasteiger partial charge on any atom is 0.345 e. The normalized spacial score (nSPS) is 27.4. The number of carbonyl (C=O) groups is 1. The van der Waals surface area contributed by atoms with Gasteiger partial charge in [-0.25, -0.2) is 13.2 Å². The first-order chi connectivity index (χ1) is 9.50. The summed E-state index contributed by atoms with van der Waals surface area (Å²) in [5.41, 5.74) is 0. The van der Waals surface area contributed by atoms with E-state index < -0.39 is 16.0 Å². The number of rotatable bonds is 3. The molecule has 2 heterocycles. The van der Waals surface area contributed by atoms with Gasteiger partial charge in [-0.3, -0.25) is 0 Å². The van der Waals surface area contributed by atoms with Crippen LogP contribution in [0.4, 0.5) is 0 Å². The van der Waals surface area contributed by atoms with Crippen LogP contribution in [0.15, 0.2) is 16.3 Å². The number of hydrogen-bond donors (Lipinski definition) is 1. The maximum atomic E-state index is 12.7. The predicted octanol–water partition coefficient (Wildman–Crippen LogP) is 2.40. The highest BCUT2D eigenvalue weighted by atomic mass is 32.2. The summed E-state index contributed by atoms with van der Waals surface area (Å²) in [4.78, 5) is 11.1. The molecule has 0 spiro atoms. The van der Waals surface area contributed by atoms with E-state index in [-0.39, 0.29) is 15.8 Å². The number of thiophene rings is 1. The van der Waals surface area contributed by atoms with Gasteiger partial charge >= 0.3 is 5.97 Å². The van der Waals surface area contributed by atoms with Gasteiger partial charge in [-0.2, -0.15) is 4.31 Å². The molecule has 2 aliphatic rings. The third kappa shape index (κ3) is 2.27. The van der Waals surface area contributed by atoms with Crippen molar-refractivity contribution in [3.63, 3.8) is 0 Å². The molecule has 3 rings (SSSR count). The van der Waals surface area contributed by atoms with Gasteiger partial charge in [0.2, 0.25) is 10.0 Å². The van der Waals surface area contributed by atoms with E-state index in [9.17, 15) is 13.2 Å². The Balaban J connectivity index is 1.92. The fraction of sp³-hybridized carbons (Fsp3) is 0.615. The SMILES string of the molecule is O=C(O)c1cc(S(=O)(=O)N2CCCC3CCCC32)cs1. The Morgan fingerprint density at radius 3 is 2.75 bits per heavy atom. The molecule has 0 amide bonds. The number of hydrogen-bond acceptors (Lipinski definition) is 4. The van der Waals surface area contributed by atoms with Gasteiger partial charge < -0.3 is 5.11 Å². The second-order valence-electron chi connectivity index (χ2n) is 5.47. The minimum absolute atomic E-state index is 0.0727. The van der Waals surface area contributed by atoms with E-state index >= 15 is 0 Å². The third-order valence-corrected chi connectivity index (χ3v) is 7.30. The molecule has 0 radical (unpaired) electrons. The molecule has 2 unspecified atom stereocenters. The lowest BCUT2D eigenvalue weighted by atomic mass is 9.94. The number of carboxylic acids is 1. The molecule has 5 nitrogen and oxygen atoms in total. The Kier molecular flexibility index (Phi) is 3.60. The van der Waals surface area contributed by atoms with Crippen LogP contribution in [-0.4, -0.2) is 36.4 Å². The van der Waals surface area contributed by atoms with Gasteiger partial charge in [0.25, 0.3) is 0 Å². The fourth-order valence-electron chi connectivity index (χ4n) is 3.41. The highest BCUT2D eigenvalue weighted by molar-refractivity contribution is 7.89. The molecule has 2 fully saturated rings. The zero-order chi connectivity index (χ0) is 14.3. The van der Waals surface area contributed by atoms with E-state index in [1.54, 1.807) is 4.31 Å². The third-order valence-electron chi connectivity index (χ3n) is 4.34. The Morgan fingerprint density at radius 2 is 2.05 bits per heavy atom. The fourth-order valence-corrected chi connectivity index (χ4v) is 6.26. The molecule has 1 saturated heterocycles. The molecular formula is C13H17NO4S2. The summed E-state index contributed by atoms with van der Waals surface area (Å²) in [5, 5.41) is 10.4. The molecule has 1 aliphatic carbocycles. The minimum atomic E-state index is -3.55. The van der Waals surface area contributed by atoms with E-state index in [4.69, 9.17) is 5.11 Å². The summed E-state index contributed by atoms with van der Waals surface area (Å²) < 4.78 is 27.0. The molecule has 0 bridgehead atoms. The summed E-state index contributed by atoms with van der Waals surface area (Å²) in [6, 6.07) is 1.39. The van der Waals surface area contributed by atoms with Crippen molar-refractivity contribution >= 4 is 27.3 Å². The molecule has 110 valence electrons. The zero-order valence-corrected chi connectivity index (χ0v) is 12.6. The van der Waals surface area contributed by atoms with Crippen molar-refractivity contribution in [1.29, 1.82) is 0 Å². The smallest absolute Gasteiger partial charge is 0.345 e. The lowest BCUT2D eigenvalue weighted by Crippen LogP contribution is -2.45. The molecule has 1 saturated carbocycles. The van der Waals surface area contributed by atoms with Gasteiger partial charge in [0.1, 0.15) is 4.88 Å². The van der Waals surface area contributed by atoms with E-state index in [0.717, 1.165) is 43.4 Å². The van der Waals surface area contributed by atoms with E-state index in [2.05, 4.69) is 0 Å². The Hall–Kier alpha value is -0.920. The number of piperidine rings is 1. The average Bonchev–Trinajstić information content (AvgIpc) is 3.07. The highest BCUT2D eigenvalue weighted by Gasteiger charge is 2.41. The molecule has 1 aliphatic heterocycles. The largest absolute Gasteiger partial charge is 0.477 e. The Morgan fingerprint density at radius 1 is 1.30 bits per heavy atom. The number of carboxylic acid groups (broad SMARTS) is 1. The van der Waals surface area contributed by atoms with Gasteiger partial charge in [-0.05, 0) is 37.7 Å². The predicted molar refractivity (Wildman–Crippen MR) is 75.5 cm³/mol. The van der Waals surface area contributed by atoms with E-state index in [1.807, 2.05) is 0 Å². The summed E-state index contributed by atoms with van der Waals surface area (Å²) in [5.74, 6) is -0.593. The van der Waals surface area contributed by atoms with Crippen molar-refractivity contribution < 1.29 is 18.3 Å². The van der Waals surface area contributed by atoms with Crippen molar-refractivity contribution in [3.8, 4) is 0 Å². The molecule has 1 aromatic heterocycles. The van der Waals surface area contributed by atoms with Crippen LogP contribution in [0, 0.1) is 5.92 Å². The molecule has 0 aromatic carbocycles. The van der Waals surface area contributed by atoms with Crippen LogP contribution in [0.5, 0.6) is 0 Å². The quantitative estimate of drug-likeness (QED) is 0.929. The number of nitrogens with zero attached hydrogens (tertiary/aromatic N) is 1. The molecule has 1 N–H and O–H groups in total. The van der Waals surface area contributed by atoms with Crippen LogP contribution in [0.1, 0.15) is 41.8 Å². The van der Waals surface area contributed by atoms with Crippen LogP contribution in [-0.2, 0) is 10.0 Å². The van der Waals surface area contributed by atoms with Gasteiger partial charge in [0.15, 0.2) is 0 Å². The first-order valence-electron chi connectivity index (χ1n) is 6.84. The second-order valence-corrected chi connectivity index (χ2v) is 8.27. The summed E-state index contributed by atoms with van der Waals surface area (Å²) in [7, 11) is -3.55. The zero-order valence-electron chi connectivity index (χ0n) is 11.0. The first kappa shape index (κ1) is 14.0. The van der Waals surface area contributed by atoms with Gasteiger partial charge in [-0.1, -0.05) is 6.42 Å². The standard InChI is InChI=1S/C13H17NO4S2/c15-13(16)12-7-10(8-19-12)20(17,18)14-6-2-4-9-3-1-5-11(9)14/h7-9,11H,1-6H2,(H,15,16). The van der Waals surface area contributed by atoms with Crippen molar-refractivity contribution in [2.75, 3.05) is 6.54 Å². The van der Waals surface area contributed by atoms with Crippen molar-refractivity contribution in [2.45, 2.75) is 43.0 Å². The molecular weight excluding hydrogens is 298 g/mol. The van der Waals surface area contributed by atoms with Crippen LogP contribution in [0.25, 0.3) is 0 Å². The molecule has 20 heavy (non-hydrogen) atoms.